The van der Waals surface area contributed by atoms with Crippen LogP contribution in [-0.4, -0.2) is 6.04 Å². The van der Waals surface area contributed by atoms with Crippen molar-refractivity contribution in [3.63, 3.8) is 0 Å². The van der Waals surface area contributed by atoms with Gasteiger partial charge < -0.3 is 5.73 Å². The van der Waals surface area contributed by atoms with Gasteiger partial charge in [-0.05, 0) is 18.1 Å². The molecule has 0 bridgehead atoms. The van der Waals surface area contributed by atoms with Crippen molar-refractivity contribution in [2.45, 2.75) is 18.4 Å². The van der Waals surface area contributed by atoms with Gasteiger partial charge in [-0.15, -0.1) is 12.4 Å². The van der Waals surface area contributed by atoms with E-state index in [1.54, 1.807) is 6.07 Å². The van der Waals surface area contributed by atoms with Gasteiger partial charge in [0, 0.05) is 12.0 Å². The minimum Gasteiger partial charge on any atom is -0.327 e. The predicted molar refractivity (Wildman–Crippen MR) is 59.0 cm³/mol. The average molecular weight is 239 g/mol. The van der Waals surface area contributed by atoms with Gasteiger partial charge in [0.1, 0.15) is 0 Å². The summed E-state index contributed by atoms with van der Waals surface area (Å²) in [4.78, 5) is 0. The molecule has 1 aromatic rings. The molecule has 1 nitrogen and oxygen atoms in total. The SMILES string of the molecule is Cl.N[C@@H]1C[C@H]1c1cccc(Cl)c1Cl. The Morgan fingerprint density at radius 3 is 2.46 bits per heavy atom. The highest BCUT2D eigenvalue weighted by Crippen LogP contribution is 2.43. The molecule has 1 aliphatic rings. The highest BCUT2D eigenvalue weighted by molar-refractivity contribution is 6.42. The van der Waals surface area contributed by atoms with Crippen LogP contribution in [0.2, 0.25) is 10.0 Å². The molecule has 72 valence electrons. The summed E-state index contributed by atoms with van der Waals surface area (Å²) < 4.78 is 0. The Kier molecular flexibility index (Phi) is 3.47. The average Bonchev–Trinajstić information content (AvgIpc) is 2.73. The molecule has 0 aromatic heterocycles. The summed E-state index contributed by atoms with van der Waals surface area (Å²) in [7, 11) is 0. The molecule has 0 unspecified atom stereocenters. The number of rotatable bonds is 1. The third-order valence-electron chi connectivity index (χ3n) is 2.22. The van der Waals surface area contributed by atoms with Crippen molar-refractivity contribution in [1.29, 1.82) is 0 Å². The molecule has 1 fully saturated rings. The van der Waals surface area contributed by atoms with E-state index in [2.05, 4.69) is 0 Å². The number of benzene rings is 1. The molecule has 0 radical (unpaired) electrons. The van der Waals surface area contributed by atoms with E-state index in [1.165, 1.54) is 0 Å². The first-order chi connectivity index (χ1) is 5.70. The second kappa shape index (κ2) is 4.05. The minimum absolute atomic E-state index is 0. The fourth-order valence-corrected chi connectivity index (χ4v) is 1.83. The second-order valence-electron chi connectivity index (χ2n) is 3.15. The molecule has 2 atom stereocenters. The van der Waals surface area contributed by atoms with E-state index in [0.717, 1.165) is 12.0 Å². The van der Waals surface area contributed by atoms with E-state index in [0.29, 0.717) is 16.0 Å². The zero-order valence-electron chi connectivity index (χ0n) is 6.84. The fraction of sp³-hybridized carbons (Fsp3) is 0.333. The van der Waals surface area contributed by atoms with Gasteiger partial charge >= 0.3 is 0 Å². The van der Waals surface area contributed by atoms with Gasteiger partial charge in [0.05, 0.1) is 10.0 Å². The Bertz CT molecular complexity index is 314. The van der Waals surface area contributed by atoms with Gasteiger partial charge in [0.15, 0.2) is 0 Å². The van der Waals surface area contributed by atoms with Crippen LogP contribution in [0.1, 0.15) is 17.9 Å². The first-order valence-electron chi connectivity index (χ1n) is 3.89. The Morgan fingerprint density at radius 2 is 1.92 bits per heavy atom. The third kappa shape index (κ3) is 2.10. The van der Waals surface area contributed by atoms with Crippen molar-refractivity contribution in [3.05, 3.63) is 33.8 Å². The van der Waals surface area contributed by atoms with Crippen LogP contribution in [0.4, 0.5) is 0 Å². The van der Waals surface area contributed by atoms with Gasteiger partial charge in [-0.2, -0.15) is 0 Å². The maximum absolute atomic E-state index is 6.01. The van der Waals surface area contributed by atoms with Crippen molar-refractivity contribution in [2.75, 3.05) is 0 Å². The fourth-order valence-electron chi connectivity index (χ4n) is 1.38. The monoisotopic (exact) mass is 237 g/mol. The highest BCUT2D eigenvalue weighted by atomic mass is 35.5. The molecular weight excluding hydrogens is 228 g/mol. The molecule has 2 N–H and O–H groups in total. The maximum atomic E-state index is 6.01. The van der Waals surface area contributed by atoms with Crippen molar-refractivity contribution in [1.82, 2.24) is 0 Å². The van der Waals surface area contributed by atoms with Crippen LogP contribution in [-0.2, 0) is 0 Å². The van der Waals surface area contributed by atoms with Crippen LogP contribution < -0.4 is 5.73 Å². The normalized spacial score (nSPS) is 25.2. The van der Waals surface area contributed by atoms with E-state index in [-0.39, 0.29) is 18.4 Å². The lowest BCUT2D eigenvalue weighted by Crippen LogP contribution is -2.01. The summed E-state index contributed by atoms with van der Waals surface area (Å²) in [5, 5.41) is 1.28. The Balaban J connectivity index is 0.000000845. The van der Waals surface area contributed by atoms with Gasteiger partial charge in [0.25, 0.3) is 0 Å². The summed E-state index contributed by atoms with van der Waals surface area (Å²) in [6.07, 6.45) is 1.03. The largest absolute Gasteiger partial charge is 0.327 e. The summed E-state index contributed by atoms with van der Waals surface area (Å²) in [5.74, 6) is 0.427. The van der Waals surface area contributed by atoms with Crippen molar-refractivity contribution in [3.8, 4) is 0 Å². The standard InChI is InChI=1S/C9H9Cl2N.ClH/c10-7-3-1-2-5(9(7)11)6-4-8(6)12;/h1-3,6,8H,4,12H2;1H/t6-,8+;/m0./s1. The lowest BCUT2D eigenvalue weighted by atomic mass is 10.1. The van der Waals surface area contributed by atoms with E-state index in [4.69, 9.17) is 28.9 Å². The van der Waals surface area contributed by atoms with E-state index in [1.807, 2.05) is 12.1 Å². The molecule has 0 aliphatic heterocycles. The van der Waals surface area contributed by atoms with Crippen LogP contribution in [0.5, 0.6) is 0 Å². The maximum Gasteiger partial charge on any atom is 0.0627 e. The Morgan fingerprint density at radius 1 is 1.31 bits per heavy atom. The molecular formula is C9H10Cl3N. The van der Waals surface area contributed by atoms with Gasteiger partial charge in [-0.3, -0.25) is 0 Å². The van der Waals surface area contributed by atoms with E-state index < -0.39 is 0 Å². The molecule has 0 spiro atoms. The zero-order chi connectivity index (χ0) is 8.72. The van der Waals surface area contributed by atoms with Crippen LogP contribution >= 0.6 is 35.6 Å². The summed E-state index contributed by atoms with van der Waals surface area (Å²) >= 11 is 11.9. The molecule has 1 aromatic carbocycles. The zero-order valence-corrected chi connectivity index (χ0v) is 9.16. The van der Waals surface area contributed by atoms with E-state index >= 15 is 0 Å². The van der Waals surface area contributed by atoms with Crippen LogP contribution in [0.15, 0.2) is 18.2 Å². The van der Waals surface area contributed by atoms with Gasteiger partial charge in [0.2, 0.25) is 0 Å². The van der Waals surface area contributed by atoms with Crippen molar-refractivity contribution >= 4 is 35.6 Å². The quantitative estimate of drug-likeness (QED) is 0.799. The molecule has 1 saturated carbocycles. The molecule has 4 heteroatoms. The number of hydrogen-bond donors (Lipinski definition) is 1. The van der Waals surface area contributed by atoms with Crippen LogP contribution in [0, 0.1) is 0 Å². The highest BCUT2D eigenvalue weighted by Gasteiger charge is 2.36. The van der Waals surface area contributed by atoms with Gasteiger partial charge in [-0.1, -0.05) is 35.3 Å². The first-order valence-corrected chi connectivity index (χ1v) is 4.65. The van der Waals surface area contributed by atoms with Crippen molar-refractivity contribution in [2.24, 2.45) is 5.73 Å². The molecule has 2 rings (SSSR count). The summed E-state index contributed by atoms with van der Waals surface area (Å²) in [5.41, 5.74) is 6.81. The molecule has 1 aliphatic carbocycles. The number of halogens is 3. The Labute approximate surface area is 93.6 Å². The topological polar surface area (TPSA) is 26.0 Å². The number of hydrogen-bond acceptors (Lipinski definition) is 1. The van der Waals surface area contributed by atoms with Crippen molar-refractivity contribution < 1.29 is 0 Å². The third-order valence-corrected chi connectivity index (χ3v) is 3.05. The lowest BCUT2D eigenvalue weighted by Gasteiger charge is -2.02. The smallest absolute Gasteiger partial charge is 0.0627 e. The van der Waals surface area contributed by atoms with E-state index in [9.17, 15) is 0 Å². The second-order valence-corrected chi connectivity index (χ2v) is 3.93. The number of nitrogens with two attached hydrogens (primary N) is 1. The molecule has 0 heterocycles. The predicted octanol–water partition coefficient (Wildman–Crippen LogP) is 3.23. The molecule has 13 heavy (non-hydrogen) atoms. The molecule has 0 saturated heterocycles. The van der Waals surface area contributed by atoms with Crippen LogP contribution in [0.25, 0.3) is 0 Å². The lowest BCUT2D eigenvalue weighted by molar-refractivity contribution is 0.991. The van der Waals surface area contributed by atoms with Crippen LogP contribution in [0.3, 0.4) is 0 Å². The Hall–Kier alpha value is 0.0500. The van der Waals surface area contributed by atoms with Gasteiger partial charge in [-0.25, -0.2) is 0 Å². The summed E-state index contributed by atoms with van der Waals surface area (Å²) in [6.45, 7) is 0. The minimum atomic E-state index is 0. The first kappa shape index (κ1) is 11.1. The molecule has 0 amide bonds. The summed E-state index contributed by atoms with van der Waals surface area (Å²) in [6, 6.07) is 5.97.